The lowest BCUT2D eigenvalue weighted by molar-refractivity contribution is -0.115. The number of aryl methyl sites for hydroxylation is 1. The lowest BCUT2D eigenvalue weighted by Gasteiger charge is -2.15. The van der Waals surface area contributed by atoms with Gasteiger partial charge in [0.1, 0.15) is 11.1 Å². The van der Waals surface area contributed by atoms with Crippen LogP contribution in [0.25, 0.3) is 11.5 Å². The highest BCUT2D eigenvalue weighted by Gasteiger charge is 2.25. The van der Waals surface area contributed by atoms with E-state index in [1.54, 1.807) is 12.1 Å². The summed E-state index contributed by atoms with van der Waals surface area (Å²) in [5.41, 5.74) is 3.25. The lowest BCUT2D eigenvalue weighted by Crippen LogP contribution is -2.19. The van der Waals surface area contributed by atoms with E-state index in [1.165, 1.54) is 12.1 Å². The summed E-state index contributed by atoms with van der Waals surface area (Å²) in [6.45, 7) is 1.99. The third-order valence-electron chi connectivity index (χ3n) is 4.38. The minimum absolute atomic E-state index is 0.198. The summed E-state index contributed by atoms with van der Waals surface area (Å²) in [6.07, 6.45) is 0. The zero-order chi connectivity index (χ0) is 20.9. The van der Waals surface area contributed by atoms with E-state index in [-0.39, 0.29) is 22.8 Å². The molecule has 7 heteroatoms. The van der Waals surface area contributed by atoms with Crippen LogP contribution in [-0.4, -0.2) is 16.1 Å². The third kappa shape index (κ3) is 4.75. The number of thioether (sulfide) groups is 1. The molecule has 0 aliphatic carbocycles. The van der Waals surface area contributed by atoms with Crippen molar-refractivity contribution in [2.45, 2.75) is 17.4 Å². The molecule has 0 aliphatic rings. The molecule has 1 unspecified atom stereocenters. The van der Waals surface area contributed by atoms with Gasteiger partial charge in [-0.05, 0) is 60.6 Å². The second-order valence-corrected chi connectivity index (χ2v) is 7.70. The van der Waals surface area contributed by atoms with Gasteiger partial charge < -0.3 is 9.73 Å². The maximum absolute atomic E-state index is 13.1. The molecule has 0 spiro atoms. The molecule has 1 heterocycles. The number of halogens is 1. The van der Waals surface area contributed by atoms with Gasteiger partial charge in [-0.3, -0.25) is 4.79 Å². The quantitative estimate of drug-likeness (QED) is 0.409. The number of nitrogens with one attached hydrogen (secondary N) is 1. The molecule has 0 bridgehead atoms. The standard InChI is InChI=1S/C23H18FN3O2S/c1-15-7-13-19(14-8-15)25-21(28)20(16-5-3-2-4-6-16)30-23-27-26-22(29-23)17-9-11-18(24)12-10-17/h2-14,20H,1H3,(H,25,28). The predicted octanol–water partition coefficient (Wildman–Crippen LogP) is 5.66. The molecule has 1 amide bonds. The maximum Gasteiger partial charge on any atom is 0.277 e. The number of amides is 1. The van der Waals surface area contributed by atoms with Crippen molar-refractivity contribution in [2.75, 3.05) is 5.32 Å². The maximum atomic E-state index is 13.1. The number of anilines is 1. The molecule has 0 saturated carbocycles. The number of benzene rings is 3. The second kappa shape index (κ2) is 8.92. The van der Waals surface area contributed by atoms with Crippen LogP contribution in [-0.2, 0) is 4.79 Å². The Bertz CT molecular complexity index is 1130. The number of nitrogens with zero attached hydrogens (tertiary/aromatic N) is 2. The zero-order valence-electron chi connectivity index (χ0n) is 16.1. The first-order valence-corrected chi connectivity index (χ1v) is 10.1. The van der Waals surface area contributed by atoms with Crippen LogP contribution < -0.4 is 5.32 Å². The number of aromatic nitrogens is 2. The molecule has 30 heavy (non-hydrogen) atoms. The Balaban J connectivity index is 1.57. The molecule has 1 aromatic heterocycles. The van der Waals surface area contributed by atoms with Crippen molar-refractivity contribution in [1.29, 1.82) is 0 Å². The molecular weight excluding hydrogens is 401 g/mol. The van der Waals surface area contributed by atoms with Gasteiger partial charge >= 0.3 is 0 Å². The fourth-order valence-electron chi connectivity index (χ4n) is 2.81. The molecule has 4 aromatic rings. The van der Waals surface area contributed by atoms with Crippen molar-refractivity contribution >= 4 is 23.4 Å². The summed E-state index contributed by atoms with van der Waals surface area (Å²) < 4.78 is 18.9. The summed E-state index contributed by atoms with van der Waals surface area (Å²) in [4.78, 5) is 13.1. The smallest absolute Gasteiger partial charge is 0.277 e. The number of hydrogen-bond acceptors (Lipinski definition) is 5. The molecule has 3 aromatic carbocycles. The van der Waals surface area contributed by atoms with Gasteiger partial charge in [-0.2, -0.15) is 0 Å². The highest BCUT2D eigenvalue weighted by atomic mass is 32.2. The number of carbonyl (C=O) groups is 1. The highest BCUT2D eigenvalue weighted by molar-refractivity contribution is 8.00. The molecule has 1 N–H and O–H groups in total. The normalized spacial score (nSPS) is 11.8. The van der Waals surface area contributed by atoms with Crippen LogP contribution >= 0.6 is 11.8 Å². The summed E-state index contributed by atoms with van der Waals surface area (Å²) in [5.74, 6) is -0.273. The van der Waals surface area contributed by atoms with E-state index in [2.05, 4.69) is 15.5 Å². The van der Waals surface area contributed by atoms with Crippen molar-refractivity contribution in [3.63, 3.8) is 0 Å². The molecule has 0 radical (unpaired) electrons. The van der Waals surface area contributed by atoms with Crippen LogP contribution in [0.2, 0.25) is 0 Å². The molecule has 0 aliphatic heterocycles. The average Bonchev–Trinajstić information content (AvgIpc) is 3.23. The number of carbonyl (C=O) groups excluding carboxylic acids is 1. The van der Waals surface area contributed by atoms with Crippen LogP contribution in [0.3, 0.4) is 0 Å². The lowest BCUT2D eigenvalue weighted by atomic mass is 10.1. The SMILES string of the molecule is Cc1ccc(NC(=O)C(Sc2nnc(-c3ccc(F)cc3)o2)c2ccccc2)cc1. The van der Waals surface area contributed by atoms with E-state index in [4.69, 9.17) is 4.42 Å². The number of rotatable bonds is 6. The summed E-state index contributed by atoms with van der Waals surface area (Å²) >= 11 is 1.16. The molecule has 150 valence electrons. The van der Waals surface area contributed by atoms with Gasteiger partial charge in [0.2, 0.25) is 11.8 Å². The first-order valence-electron chi connectivity index (χ1n) is 9.27. The minimum Gasteiger partial charge on any atom is -0.411 e. The molecule has 0 fully saturated rings. The fourth-order valence-corrected chi connectivity index (χ4v) is 3.69. The summed E-state index contributed by atoms with van der Waals surface area (Å²) in [7, 11) is 0. The van der Waals surface area contributed by atoms with E-state index >= 15 is 0 Å². The van der Waals surface area contributed by atoms with Crippen LogP contribution in [0.4, 0.5) is 10.1 Å². The molecule has 5 nitrogen and oxygen atoms in total. The summed E-state index contributed by atoms with van der Waals surface area (Å²) in [5, 5.41) is 10.7. The van der Waals surface area contributed by atoms with Gasteiger partial charge in [-0.25, -0.2) is 4.39 Å². The fraction of sp³-hybridized carbons (Fsp3) is 0.0870. The number of hydrogen-bond donors (Lipinski definition) is 1. The van der Waals surface area contributed by atoms with Crippen molar-refractivity contribution < 1.29 is 13.6 Å². The third-order valence-corrected chi connectivity index (χ3v) is 5.46. The Hall–Kier alpha value is -3.45. The van der Waals surface area contributed by atoms with Gasteiger partial charge in [0.25, 0.3) is 5.22 Å². The van der Waals surface area contributed by atoms with E-state index < -0.39 is 5.25 Å². The monoisotopic (exact) mass is 419 g/mol. The Morgan fingerprint density at radius 3 is 2.37 bits per heavy atom. The van der Waals surface area contributed by atoms with E-state index in [0.29, 0.717) is 11.3 Å². The molecular formula is C23H18FN3O2S. The summed E-state index contributed by atoms with van der Waals surface area (Å²) in [6, 6.07) is 22.8. The van der Waals surface area contributed by atoms with Gasteiger partial charge in [0.15, 0.2) is 0 Å². The Morgan fingerprint density at radius 1 is 0.967 bits per heavy atom. The zero-order valence-corrected chi connectivity index (χ0v) is 16.9. The van der Waals surface area contributed by atoms with Gasteiger partial charge in [-0.15, -0.1) is 10.2 Å². The van der Waals surface area contributed by atoms with Crippen LogP contribution in [0.15, 0.2) is 88.5 Å². The first-order chi connectivity index (χ1) is 14.6. The van der Waals surface area contributed by atoms with Crippen LogP contribution in [0.5, 0.6) is 0 Å². The molecule has 1 atom stereocenters. The average molecular weight is 419 g/mol. The Kier molecular flexibility index (Phi) is 5.90. The van der Waals surface area contributed by atoms with Crippen molar-refractivity contribution in [2.24, 2.45) is 0 Å². The predicted molar refractivity (Wildman–Crippen MR) is 115 cm³/mol. The Morgan fingerprint density at radius 2 is 1.67 bits per heavy atom. The van der Waals surface area contributed by atoms with Gasteiger partial charge in [-0.1, -0.05) is 48.0 Å². The van der Waals surface area contributed by atoms with Gasteiger partial charge in [0, 0.05) is 11.3 Å². The first kappa shape index (κ1) is 19.8. The van der Waals surface area contributed by atoms with Gasteiger partial charge in [0.05, 0.1) is 0 Å². The van der Waals surface area contributed by atoms with Crippen molar-refractivity contribution in [3.8, 4) is 11.5 Å². The Labute approximate surface area is 177 Å². The van der Waals surface area contributed by atoms with E-state index in [9.17, 15) is 9.18 Å². The minimum atomic E-state index is -0.589. The van der Waals surface area contributed by atoms with Crippen LogP contribution in [0, 0.1) is 12.7 Å². The molecule has 0 saturated heterocycles. The van der Waals surface area contributed by atoms with E-state index in [0.717, 1.165) is 22.9 Å². The van der Waals surface area contributed by atoms with Crippen molar-refractivity contribution in [3.05, 3.63) is 95.8 Å². The topological polar surface area (TPSA) is 68.0 Å². The second-order valence-electron chi connectivity index (χ2n) is 6.64. The van der Waals surface area contributed by atoms with Crippen LogP contribution in [0.1, 0.15) is 16.4 Å². The largest absolute Gasteiger partial charge is 0.411 e. The molecule has 4 rings (SSSR count). The van der Waals surface area contributed by atoms with Crippen molar-refractivity contribution in [1.82, 2.24) is 10.2 Å². The van der Waals surface area contributed by atoms with E-state index in [1.807, 2.05) is 61.5 Å². The highest BCUT2D eigenvalue weighted by Crippen LogP contribution is 2.36.